The Balaban J connectivity index is 4.46. The van der Waals surface area contributed by atoms with Crippen molar-refractivity contribution >= 4 is 17.6 Å². The van der Waals surface area contributed by atoms with Gasteiger partial charge in [0.05, 0.1) is 0 Å². The molecule has 0 saturated heterocycles. The standard InChI is InChI=1S/C6H9F3O4S/c7-6(8,9)5(13)4(12)3(11)2(10)1-14/h1-5,10-13H/t2-,3-,4-,5?/m0/s1. The van der Waals surface area contributed by atoms with Gasteiger partial charge < -0.3 is 20.4 Å². The van der Waals surface area contributed by atoms with E-state index in [0.29, 0.717) is 5.37 Å². The maximum atomic E-state index is 11.8. The number of alkyl halides is 3. The topological polar surface area (TPSA) is 80.9 Å². The highest BCUT2D eigenvalue weighted by Gasteiger charge is 2.46. The minimum atomic E-state index is -5.07. The molecule has 0 saturated carbocycles. The van der Waals surface area contributed by atoms with Gasteiger partial charge in [-0.05, 0) is 0 Å². The van der Waals surface area contributed by atoms with E-state index in [9.17, 15) is 13.2 Å². The van der Waals surface area contributed by atoms with Crippen molar-refractivity contribution in [2.75, 3.05) is 0 Å². The molecule has 0 aromatic carbocycles. The SMILES string of the molecule is OC([C@@H](O)[C@@H](O)[C@@H](O)C=S)C(F)(F)F. The van der Waals surface area contributed by atoms with Gasteiger partial charge >= 0.3 is 6.18 Å². The summed E-state index contributed by atoms with van der Waals surface area (Å²) >= 11 is 4.14. The third kappa shape index (κ3) is 3.46. The summed E-state index contributed by atoms with van der Waals surface area (Å²) in [5.74, 6) is 0. The number of thiocarbonyl (C=S) groups is 1. The molecule has 84 valence electrons. The maximum Gasteiger partial charge on any atom is 0.417 e. The maximum absolute atomic E-state index is 11.8. The van der Waals surface area contributed by atoms with Crippen LogP contribution in [0, 0.1) is 0 Å². The highest BCUT2D eigenvalue weighted by atomic mass is 32.1. The Kier molecular flexibility index (Phi) is 4.89. The average Bonchev–Trinajstić information content (AvgIpc) is 2.11. The smallest absolute Gasteiger partial charge is 0.387 e. The summed E-state index contributed by atoms with van der Waals surface area (Å²) in [7, 11) is 0. The minimum absolute atomic E-state index is 0.580. The molecular weight excluding hydrogens is 225 g/mol. The van der Waals surface area contributed by atoms with Crippen LogP contribution in [-0.4, -0.2) is 56.4 Å². The Hall–Kier alpha value is -0.280. The summed E-state index contributed by atoms with van der Waals surface area (Å²) in [5.41, 5.74) is 0. The molecule has 0 spiro atoms. The molecule has 0 rings (SSSR count). The first kappa shape index (κ1) is 13.7. The Morgan fingerprint density at radius 1 is 1.00 bits per heavy atom. The lowest BCUT2D eigenvalue weighted by Crippen LogP contribution is -2.50. The summed E-state index contributed by atoms with van der Waals surface area (Å²) in [6.07, 6.45) is -14.7. The molecule has 8 heteroatoms. The van der Waals surface area contributed by atoms with Gasteiger partial charge in [0.1, 0.15) is 18.3 Å². The van der Waals surface area contributed by atoms with Gasteiger partial charge in [-0.3, -0.25) is 0 Å². The molecular formula is C6H9F3O4S. The molecule has 4 N–H and O–H groups in total. The van der Waals surface area contributed by atoms with Crippen LogP contribution in [0.5, 0.6) is 0 Å². The predicted octanol–water partition coefficient (Wildman–Crippen LogP) is -1.01. The number of aliphatic hydroxyl groups excluding tert-OH is 4. The second-order valence-electron chi connectivity index (χ2n) is 2.59. The zero-order valence-corrected chi connectivity index (χ0v) is 7.53. The van der Waals surface area contributed by atoms with Crippen LogP contribution in [0.1, 0.15) is 0 Å². The van der Waals surface area contributed by atoms with E-state index >= 15 is 0 Å². The summed E-state index contributed by atoms with van der Waals surface area (Å²) in [6.45, 7) is 0. The Morgan fingerprint density at radius 3 is 1.71 bits per heavy atom. The number of hydrogen-bond acceptors (Lipinski definition) is 5. The summed E-state index contributed by atoms with van der Waals surface area (Å²) in [5, 5.41) is 35.5. The molecule has 0 bridgehead atoms. The summed E-state index contributed by atoms with van der Waals surface area (Å²) in [4.78, 5) is 0. The van der Waals surface area contributed by atoms with Crippen LogP contribution >= 0.6 is 12.2 Å². The van der Waals surface area contributed by atoms with Gasteiger partial charge in [0.15, 0.2) is 6.10 Å². The van der Waals surface area contributed by atoms with Crippen LogP contribution in [0.25, 0.3) is 0 Å². The van der Waals surface area contributed by atoms with E-state index < -0.39 is 30.6 Å². The zero-order valence-electron chi connectivity index (χ0n) is 6.72. The number of halogens is 3. The molecule has 4 atom stereocenters. The number of hydrogen-bond donors (Lipinski definition) is 4. The molecule has 0 aromatic rings. The largest absolute Gasteiger partial charge is 0.417 e. The quantitative estimate of drug-likeness (QED) is 0.469. The third-order valence-corrected chi connectivity index (χ3v) is 1.78. The van der Waals surface area contributed by atoms with Crippen molar-refractivity contribution in [2.45, 2.75) is 30.6 Å². The van der Waals surface area contributed by atoms with E-state index in [2.05, 4.69) is 12.2 Å². The number of rotatable bonds is 4. The molecule has 0 fully saturated rings. The first-order valence-electron chi connectivity index (χ1n) is 3.46. The lowest BCUT2D eigenvalue weighted by Gasteiger charge is -2.25. The van der Waals surface area contributed by atoms with Crippen molar-refractivity contribution in [1.29, 1.82) is 0 Å². The molecule has 14 heavy (non-hydrogen) atoms. The van der Waals surface area contributed by atoms with E-state index in [1.165, 1.54) is 0 Å². The van der Waals surface area contributed by atoms with Crippen molar-refractivity contribution in [3.05, 3.63) is 0 Å². The Morgan fingerprint density at radius 2 is 1.43 bits per heavy atom. The monoisotopic (exact) mass is 234 g/mol. The molecule has 4 nitrogen and oxygen atoms in total. The molecule has 0 aliphatic heterocycles. The van der Waals surface area contributed by atoms with Gasteiger partial charge in [0.2, 0.25) is 0 Å². The first-order chi connectivity index (χ1) is 6.21. The van der Waals surface area contributed by atoms with Gasteiger partial charge in [-0.1, -0.05) is 12.2 Å². The normalized spacial score (nSPS) is 21.1. The second-order valence-corrected chi connectivity index (χ2v) is 2.87. The van der Waals surface area contributed by atoms with Crippen molar-refractivity contribution in [1.82, 2.24) is 0 Å². The van der Waals surface area contributed by atoms with Gasteiger partial charge in [0.25, 0.3) is 0 Å². The van der Waals surface area contributed by atoms with E-state index in [-0.39, 0.29) is 0 Å². The zero-order chi connectivity index (χ0) is 11.5. The van der Waals surface area contributed by atoms with E-state index in [1.807, 2.05) is 0 Å². The fourth-order valence-electron chi connectivity index (χ4n) is 0.663. The molecule has 0 heterocycles. The molecule has 1 unspecified atom stereocenters. The van der Waals surface area contributed by atoms with Crippen LogP contribution < -0.4 is 0 Å². The van der Waals surface area contributed by atoms with Crippen molar-refractivity contribution in [2.24, 2.45) is 0 Å². The highest BCUT2D eigenvalue weighted by molar-refractivity contribution is 7.79. The third-order valence-electron chi connectivity index (χ3n) is 1.50. The van der Waals surface area contributed by atoms with Crippen molar-refractivity contribution in [3.63, 3.8) is 0 Å². The van der Waals surface area contributed by atoms with Crippen LogP contribution in [0.15, 0.2) is 0 Å². The lowest BCUT2D eigenvalue weighted by atomic mass is 10.0. The molecule has 0 aromatic heterocycles. The van der Waals surface area contributed by atoms with E-state index in [4.69, 9.17) is 20.4 Å². The fourth-order valence-corrected chi connectivity index (χ4v) is 0.824. The first-order valence-corrected chi connectivity index (χ1v) is 3.93. The fraction of sp³-hybridized carbons (Fsp3) is 0.833. The van der Waals surface area contributed by atoms with Crippen LogP contribution in [0.4, 0.5) is 13.2 Å². The van der Waals surface area contributed by atoms with Gasteiger partial charge in [0, 0.05) is 5.37 Å². The van der Waals surface area contributed by atoms with Crippen LogP contribution in [-0.2, 0) is 0 Å². The number of aliphatic hydroxyl groups is 4. The van der Waals surface area contributed by atoms with Crippen molar-refractivity contribution in [3.8, 4) is 0 Å². The Labute approximate surface area is 82.6 Å². The van der Waals surface area contributed by atoms with E-state index in [0.717, 1.165) is 0 Å². The average molecular weight is 234 g/mol. The second kappa shape index (κ2) is 4.99. The van der Waals surface area contributed by atoms with Crippen molar-refractivity contribution < 1.29 is 33.6 Å². The summed E-state index contributed by atoms with van der Waals surface area (Å²) in [6, 6.07) is 0. The Bertz CT molecular complexity index is 198. The minimum Gasteiger partial charge on any atom is -0.387 e. The molecule has 0 radical (unpaired) electrons. The lowest BCUT2D eigenvalue weighted by molar-refractivity contribution is -0.244. The van der Waals surface area contributed by atoms with E-state index in [1.54, 1.807) is 0 Å². The van der Waals surface area contributed by atoms with Crippen LogP contribution in [0.3, 0.4) is 0 Å². The molecule has 0 amide bonds. The molecule has 0 aliphatic carbocycles. The van der Waals surface area contributed by atoms with Gasteiger partial charge in [-0.25, -0.2) is 0 Å². The van der Waals surface area contributed by atoms with Crippen LogP contribution in [0.2, 0.25) is 0 Å². The predicted molar refractivity (Wildman–Crippen MR) is 43.7 cm³/mol. The van der Waals surface area contributed by atoms with Gasteiger partial charge in [-0.15, -0.1) is 0 Å². The van der Waals surface area contributed by atoms with Gasteiger partial charge in [-0.2, -0.15) is 13.2 Å². The molecule has 0 aliphatic rings. The highest BCUT2D eigenvalue weighted by Crippen LogP contribution is 2.24. The summed E-state index contributed by atoms with van der Waals surface area (Å²) < 4.78 is 35.4.